The summed E-state index contributed by atoms with van der Waals surface area (Å²) in [6.07, 6.45) is 0. The second-order valence-corrected chi connectivity index (χ2v) is 2.93. The van der Waals surface area contributed by atoms with Crippen LogP contribution in [0.2, 0.25) is 0 Å². The fraction of sp³-hybridized carbons (Fsp3) is 0.714. The van der Waals surface area contributed by atoms with E-state index in [1.807, 2.05) is 0 Å². The highest BCUT2D eigenvalue weighted by atomic mass is 16.6. The molecule has 0 aromatic rings. The minimum Gasteiger partial charge on any atom is -0.458 e. The molecule has 0 amide bonds. The van der Waals surface area contributed by atoms with Crippen LogP contribution in [-0.4, -0.2) is 18.2 Å². The summed E-state index contributed by atoms with van der Waals surface area (Å²) < 4.78 is 9.20. The fourth-order valence-corrected chi connectivity index (χ4v) is 0.454. The van der Waals surface area contributed by atoms with Gasteiger partial charge < -0.3 is 9.47 Å². The van der Waals surface area contributed by atoms with Crippen molar-refractivity contribution in [2.75, 3.05) is 6.61 Å². The van der Waals surface area contributed by atoms with Crippen LogP contribution in [0.5, 0.6) is 0 Å². The van der Waals surface area contributed by atoms with E-state index in [0.717, 1.165) is 0 Å². The molecule has 3 nitrogen and oxygen atoms in total. The number of rotatable bonds is 2. The molecule has 0 rings (SSSR count). The summed E-state index contributed by atoms with van der Waals surface area (Å²) in [4.78, 5) is 10.7. The summed E-state index contributed by atoms with van der Waals surface area (Å²) in [5.74, 6) is -0.387. The molecule has 0 aliphatic rings. The molecule has 0 saturated heterocycles. The first-order valence-electron chi connectivity index (χ1n) is 3.04. The van der Waals surface area contributed by atoms with Crippen LogP contribution >= 0.6 is 0 Å². The van der Waals surface area contributed by atoms with Crippen molar-refractivity contribution in [3.8, 4) is 0 Å². The van der Waals surface area contributed by atoms with Gasteiger partial charge in [0.15, 0.2) is 0 Å². The second kappa shape index (κ2) is 3.56. The van der Waals surface area contributed by atoms with E-state index in [4.69, 9.17) is 4.74 Å². The molecule has 0 bridgehead atoms. The summed E-state index contributed by atoms with van der Waals surface area (Å²) in [5.41, 5.74) is -0.435. The molecule has 0 unspecified atom stereocenters. The molecule has 0 aromatic carbocycles. The summed E-state index contributed by atoms with van der Waals surface area (Å²) in [6.45, 7) is 5.31. The van der Waals surface area contributed by atoms with Gasteiger partial charge in [-0.05, 0) is 20.8 Å². The number of hydrogen-bond donors (Lipinski definition) is 0. The first-order chi connectivity index (χ1) is 4.45. The zero-order chi connectivity index (χ0) is 8.20. The van der Waals surface area contributed by atoms with Crippen LogP contribution in [-0.2, 0) is 14.3 Å². The van der Waals surface area contributed by atoms with Crippen molar-refractivity contribution in [1.29, 1.82) is 0 Å². The van der Waals surface area contributed by atoms with Gasteiger partial charge in [-0.2, -0.15) is 0 Å². The molecule has 0 saturated carbocycles. The molecule has 10 heavy (non-hydrogen) atoms. The van der Waals surface area contributed by atoms with Crippen LogP contribution in [0, 0.1) is 7.11 Å². The Hall–Kier alpha value is -0.570. The third-order valence-electron chi connectivity index (χ3n) is 0.640. The van der Waals surface area contributed by atoms with Gasteiger partial charge in [0.05, 0.1) is 7.11 Å². The third-order valence-corrected chi connectivity index (χ3v) is 0.640. The standard InChI is InChI=1S/C7H13O3/c1-7(2,3)10-6(8)5-9-4/h4-5H2,1-3H3. The number of hydrogen-bond acceptors (Lipinski definition) is 3. The van der Waals surface area contributed by atoms with E-state index >= 15 is 0 Å². The minimum absolute atomic E-state index is 0.0860. The Balaban J connectivity index is 3.58. The number of carbonyl (C=O) groups excluding carboxylic acids is 1. The van der Waals surface area contributed by atoms with Crippen molar-refractivity contribution in [3.63, 3.8) is 0 Å². The van der Waals surface area contributed by atoms with Crippen molar-refractivity contribution < 1.29 is 14.3 Å². The van der Waals surface area contributed by atoms with Crippen molar-refractivity contribution in [2.45, 2.75) is 26.4 Å². The molecule has 0 atom stereocenters. The van der Waals surface area contributed by atoms with Gasteiger partial charge in [-0.1, -0.05) is 0 Å². The molecule has 0 fully saturated rings. The highest BCUT2D eigenvalue weighted by Crippen LogP contribution is 2.06. The lowest BCUT2D eigenvalue weighted by Crippen LogP contribution is -2.25. The van der Waals surface area contributed by atoms with Crippen LogP contribution in [0.4, 0.5) is 0 Å². The Labute approximate surface area is 61.3 Å². The number of esters is 1. The molecule has 0 heterocycles. The molecule has 0 aromatic heterocycles. The summed E-state index contributed by atoms with van der Waals surface area (Å²) >= 11 is 0. The molecule has 0 aliphatic carbocycles. The van der Waals surface area contributed by atoms with Crippen LogP contribution in [0.25, 0.3) is 0 Å². The first-order valence-corrected chi connectivity index (χ1v) is 3.04. The molecule has 0 N–H and O–H groups in total. The van der Waals surface area contributed by atoms with Gasteiger partial charge in [0.25, 0.3) is 0 Å². The number of carbonyl (C=O) groups is 1. The smallest absolute Gasteiger partial charge is 0.332 e. The van der Waals surface area contributed by atoms with E-state index in [1.54, 1.807) is 20.8 Å². The predicted molar refractivity (Wildman–Crippen MR) is 37.2 cm³/mol. The third kappa shape index (κ3) is 5.56. The molecule has 0 spiro atoms. The Morgan fingerprint density at radius 1 is 1.50 bits per heavy atom. The minimum atomic E-state index is -0.435. The van der Waals surface area contributed by atoms with E-state index in [0.29, 0.717) is 0 Å². The van der Waals surface area contributed by atoms with Crippen LogP contribution in [0.3, 0.4) is 0 Å². The van der Waals surface area contributed by atoms with Gasteiger partial charge in [0.1, 0.15) is 12.2 Å². The Bertz CT molecular complexity index is 113. The molecule has 0 aliphatic heterocycles. The van der Waals surface area contributed by atoms with Crippen LogP contribution in [0.1, 0.15) is 20.8 Å². The quantitative estimate of drug-likeness (QED) is 0.546. The van der Waals surface area contributed by atoms with E-state index in [-0.39, 0.29) is 12.6 Å². The predicted octanol–water partition coefficient (Wildman–Crippen LogP) is 1.14. The molecular weight excluding hydrogens is 132 g/mol. The first kappa shape index (κ1) is 9.43. The maximum Gasteiger partial charge on any atom is 0.332 e. The maximum absolute atomic E-state index is 10.7. The maximum atomic E-state index is 10.7. The SMILES string of the molecule is [CH2]OCC(=O)OC(C)(C)C. The topological polar surface area (TPSA) is 35.5 Å². The van der Waals surface area contributed by atoms with Crippen LogP contribution in [0.15, 0.2) is 0 Å². The molecule has 3 heteroatoms. The monoisotopic (exact) mass is 145 g/mol. The Morgan fingerprint density at radius 2 is 2.00 bits per heavy atom. The van der Waals surface area contributed by atoms with E-state index in [2.05, 4.69) is 11.8 Å². The Morgan fingerprint density at radius 3 is 2.30 bits per heavy atom. The number of ether oxygens (including phenoxy) is 2. The van der Waals surface area contributed by atoms with E-state index in [9.17, 15) is 4.79 Å². The van der Waals surface area contributed by atoms with Crippen molar-refractivity contribution in [2.24, 2.45) is 0 Å². The highest BCUT2D eigenvalue weighted by Gasteiger charge is 2.15. The summed E-state index contributed by atoms with van der Waals surface area (Å²) in [7, 11) is 3.05. The lowest BCUT2D eigenvalue weighted by molar-refractivity contribution is -0.158. The fourth-order valence-electron chi connectivity index (χ4n) is 0.454. The van der Waals surface area contributed by atoms with Gasteiger partial charge >= 0.3 is 5.97 Å². The van der Waals surface area contributed by atoms with Gasteiger partial charge in [-0.3, -0.25) is 0 Å². The van der Waals surface area contributed by atoms with E-state index in [1.165, 1.54) is 0 Å². The average molecular weight is 145 g/mol. The van der Waals surface area contributed by atoms with Gasteiger partial charge in [0, 0.05) is 0 Å². The van der Waals surface area contributed by atoms with Gasteiger partial charge in [0.2, 0.25) is 0 Å². The lowest BCUT2D eigenvalue weighted by Gasteiger charge is -2.18. The van der Waals surface area contributed by atoms with Gasteiger partial charge in [-0.15, -0.1) is 0 Å². The second-order valence-electron chi connectivity index (χ2n) is 2.93. The zero-order valence-electron chi connectivity index (χ0n) is 6.64. The summed E-state index contributed by atoms with van der Waals surface area (Å²) in [5, 5.41) is 0. The normalized spacial score (nSPS) is 11.2. The van der Waals surface area contributed by atoms with Crippen molar-refractivity contribution in [1.82, 2.24) is 0 Å². The average Bonchev–Trinajstić information content (AvgIpc) is 1.59. The summed E-state index contributed by atoms with van der Waals surface area (Å²) in [6, 6.07) is 0. The van der Waals surface area contributed by atoms with Gasteiger partial charge in [-0.25, -0.2) is 4.79 Å². The van der Waals surface area contributed by atoms with Crippen molar-refractivity contribution >= 4 is 5.97 Å². The van der Waals surface area contributed by atoms with Crippen molar-refractivity contribution in [3.05, 3.63) is 7.11 Å². The van der Waals surface area contributed by atoms with Crippen LogP contribution < -0.4 is 0 Å². The lowest BCUT2D eigenvalue weighted by atomic mass is 10.2. The largest absolute Gasteiger partial charge is 0.458 e. The Kier molecular flexibility index (Phi) is 3.36. The zero-order valence-corrected chi connectivity index (χ0v) is 6.64. The molecule has 59 valence electrons. The van der Waals surface area contributed by atoms with E-state index < -0.39 is 5.60 Å². The molecular formula is C7H13O3. The molecule has 1 radical (unpaired) electrons. The highest BCUT2D eigenvalue weighted by molar-refractivity contribution is 5.71.